The van der Waals surface area contributed by atoms with E-state index in [0.29, 0.717) is 47.9 Å². The van der Waals surface area contributed by atoms with Gasteiger partial charge in [0, 0.05) is 34.4 Å². The van der Waals surface area contributed by atoms with Gasteiger partial charge in [-0.3, -0.25) is 9.59 Å². The third kappa shape index (κ3) is 2.94. The van der Waals surface area contributed by atoms with E-state index in [4.69, 9.17) is 16.2 Å². The Balaban J connectivity index is 1.69. The summed E-state index contributed by atoms with van der Waals surface area (Å²) in [5, 5.41) is 0.704. The predicted octanol–water partition coefficient (Wildman–Crippen LogP) is 2.18. The predicted molar refractivity (Wildman–Crippen MR) is 103 cm³/mol. The fourth-order valence-electron chi connectivity index (χ4n) is 2.85. The summed E-state index contributed by atoms with van der Waals surface area (Å²) in [6, 6.07) is 5.64. The molecule has 2 amide bonds. The Labute approximate surface area is 157 Å². The number of carbonyl (C=O) groups is 2. The molecule has 1 saturated heterocycles. The second-order valence-corrected chi connectivity index (χ2v) is 7.98. The van der Waals surface area contributed by atoms with Gasteiger partial charge in [0.1, 0.15) is 5.82 Å². The first-order valence-corrected chi connectivity index (χ1v) is 9.63. The quantitative estimate of drug-likeness (QED) is 0.714. The number of pyridine rings is 1. The van der Waals surface area contributed by atoms with E-state index in [1.807, 2.05) is 18.2 Å². The van der Waals surface area contributed by atoms with Gasteiger partial charge in [0.05, 0.1) is 28.4 Å². The molecule has 3 aromatic rings. The highest BCUT2D eigenvalue weighted by atomic mass is 32.1. The minimum Gasteiger partial charge on any atom is -0.383 e. The van der Waals surface area contributed by atoms with Crippen LogP contribution < -0.4 is 11.5 Å². The van der Waals surface area contributed by atoms with Crippen molar-refractivity contribution in [3.63, 3.8) is 0 Å². The van der Waals surface area contributed by atoms with Crippen LogP contribution >= 0.6 is 22.7 Å². The van der Waals surface area contributed by atoms with Crippen LogP contribution in [-0.4, -0.2) is 48.0 Å². The number of amides is 2. The summed E-state index contributed by atoms with van der Waals surface area (Å²) in [6.07, 6.45) is 1.40. The fraction of sp³-hybridized carbons (Fsp3) is 0.235. The summed E-state index contributed by atoms with van der Waals surface area (Å²) in [4.78, 5) is 32.6. The molecular weight excluding hydrogens is 372 g/mol. The number of hydrogen-bond donors (Lipinski definition) is 2. The number of aromatic nitrogens is 1. The number of morpholine rings is 1. The van der Waals surface area contributed by atoms with Crippen LogP contribution in [0.4, 0.5) is 5.82 Å². The molecule has 0 unspecified atom stereocenters. The van der Waals surface area contributed by atoms with E-state index >= 15 is 0 Å². The average Bonchev–Trinajstić information content (AvgIpc) is 3.29. The molecule has 134 valence electrons. The molecule has 7 nitrogen and oxygen atoms in total. The van der Waals surface area contributed by atoms with Gasteiger partial charge in [-0.05, 0) is 18.2 Å². The maximum Gasteiger partial charge on any atom is 0.264 e. The molecule has 4 N–H and O–H groups in total. The molecule has 0 aromatic carbocycles. The Kier molecular flexibility index (Phi) is 4.35. The van der Waals surface area contributed by atoms with Crippen LogP contribution in [0.3, 0.4) is 0 Å². The highest BCUT2D eigenvalue weighted by Crippen LogP contribution is 2.40. The van der Waals surface area contributed by atoms with Gasteiger partial charge in [0.15, 0.2) is 0 Å². The van der Waals surface area contributed by atoms with Gasteiger partial charge in [-0.1, -0.05) is 0 Å². The standard InChI is InChI=1S/C17H16N4O3S2/c18-15-9-7-13(26-14(9)10(8-20-15)16(19)22)11-1-2-12(25-11)17(23)21-3-5-24-6-4-21/h1-2,7-8H,3-6H2,(H2,18,20)(H2,19,22). The molecule has 1 fully saturated rings. The van der Waals surface area contributed by atoms with Gasteiger partial charge in [-0.15, -0.1) is 22.7 Å². The SMILES string of the molecule is NC(=O)c1cnc(N)c2cc(-c3ccc(C(=O)N4CCOCC4)s3)sc12. The molecule has 9 heteroatoms. The summed E-state index contributed by atoms with van der Waals surface area (Å²) in [5.41, 5.74) is 11.7. The third-order valence-electron chi connectivity index (χ3n) is 4.21. The first kappa shape index (κ1) is 17.0. The molecule has 4 rings (SSSR count). The molecule has 1 aliphatic rings. The number of hydrogen-bond acceptors (Lipinski definition) is 7. The maximum absolute atomic E-state index is 12.6. The lowest BCUT2D eigenvalue weighted by molar-refractivity contribution is 0.0306. The van der Waals surface area contributed by atoms with E-state index in [-0.39, 0.29) is 5.91 Å². The lowest BCUT2D eigenvalue weighted by atomic mass is 10.2. The smallest absolute Gasteiger partial charge is 0.264 e. The van der Waals surface area contributed by atoms with E-state index in [1.165, 1.54) is 28.9 Å². The lowest BCUT2D eigenvalue weighted by Gasteiger charge is -2.26. The number of fused-ring (bicyclic) bond motifs is 1. The molecule has 4 heterocycles. The molecular formula is C17H16N4O3S2. The summed E-state index contributed by atoms with van der Waals surface area (Å²) in [6.45, 7) is 2.36. The van der Waals surface area contributed by atoms with Crippen molar-refractivity contribution in [2.45, 2.75) is 0 Å². The number of nitrogens with zero attached hydrogens (tertiary/aromatic N) is 2. The summed E-state index contributed by atoms with van der Waals surface area (Å²) >= 11 is 2.85. The second kappa shape index (κ2) is 6.67. The molecule has 0 atom stereocenters. The van der Waals surface area contributed by atoms with Gasteiger partial charge >= 0.3 is 0 Å². The Morgan fingerprint density at radius 2 is 1.92 bits per heavy atom. The molecule has 3 aromatic heterocycles. The van der Waals surface area contributed by atoms with E-state index in [1.54, 1.807) is 4.90 Å². The topological polar surface area (TPSA) is 112 Å². The van der Waals surface area contributed by atoms with Crippen molar-refractivity contribution < 1.29 is 14.3 Å². The largest absolute Gasteiger partial charge is 0.383 e. The molecule has 0 saturated carbocycles. The van der Waals surface area contributed by atoms with E-state index in [0.717, 1.165) is 14.5 Å². The third-order valence-corrected chi connectivity index (χ3v) is 6.65. The van der Waals surface area contributed by atoms with Crippen LogP contribution in [0.25, 0.3) is 19.8 Å². The number of anilines is 1. The van der Waals surface area contributed by atoms with Crippen molar-refractivity contribution in [1.82, 2.24) is 9.88 Å². The van der Waals surface area contributed by atoms with Crippen LogP contribution in [0.5, 0.6) is 0 Å². The first-order chi connectivity index (χ1) is 12.5. The number of carbonyl (C=O) groups excluding carboxylic acids is 2. The van der Waals surface area contributed by atoms with Crippen molar-refractivity contribution in [3.8, 4) is 9.75 Å². The van der Waals surface area contributed by atoms with E-state index in [2.05, 4.69) is 4.98 Å². The van der Waals surface area contributed by atoms with E-state index in [9.17, 15) is 9.59 Å². The first-order valence-electron chi connectivity index (χ1n) is 7.99. The fourth-order valence-corrected chi connectivity index (χ4v) is 5.09. The number of thiophene rings is 2. The van der Waals surface area contributed by atoms with Crippen molar-refractivity contribution >= 4 is 50.4 Å². The number of primary amides is 1. The van der Waals surface area contributed by atoms with Crippen LogP contribution in [0.2, 0.25) is 0 Å². The number of rotatable bonds is 3. The molecule has 0 aliphatic carbocycles. The number of nitrogens with two attached hydrogens (primary N) is 2. The van der Waals surface area contributed by atoms with Crippen molar-refractivity contribution in [2.75, 3.05) is 32.0 Å². The molecule has 26 heavy (non-hydrogen) atoms. The van der Waals surface area contributed by atoms with Crippen molar-refractivity contribution in [2.24, 2.45) is 5.73 Å². The van der Waals surface area contributed by atoms with Crippen molar-refractivity contribution in [3.05, 3.63) is 34.8 Å². The number of ether oxygens (including phenoxy) is 1. The number of nitrogen functional groups attached to an aromatic ring is 1. The average molecular weight is 388 g/mol. The van der Waals surface area contributed by atoms with Crippen LogP contribution in [0.15, 0.2) is 24.4 Å². The zero-order valence-electron chi connectivity index (χ0n) is 13.7. The lowest BCUT2D eigenvalue weighted by Crippen LogP contribution is -2.40. The Bertz CT molecular complexity index is 1000. The minimum absolute atomic E-state index is 0.0182. The van der Waals surface area contributed by atoms with Gasteiger partial charge in [-0.25, -0.2) is 4.98 Å². The van der Waals surface area contributed by atoms with Gasteiger partial charge in [0.2, 0.25) is 0 Å². The summed E-state index contributed by atoms with van der Waals surface area (Å²) in [7, 11) is 0. The molecule has 0 radical (unpaired) electrons. The Morgan fingerprint density at radius 1 is 1.15 bits per heavy atom. The Hall–Kier alpha value is -2.49. The van der Waals surface area contributed by atoms with Crippen LogP contribution in [-0.2, 0) is 4.74 Å². The zero-order valence-corrected chi connectivity index (χ0v) is 15.4. The monoisotopic (exact) mass is 388 g/mol. The maximum atomic E-state index is 12.6. The van der Waals surface area contributed by atoms with E-state index < -0.39 is 5.91 Å². The highest BCUT2D eigenvalue weighted by Gasteiger charge is 2.21. The van der Waals surface area contributed by atoms with Crippen molar-refractivity contribution in [1.29, 1.82) is 0 Å². The molecule has 0 spiro atoms. The summed E-state index contributed by atoms with van der Waals surface area (Å²) in [5.74, 6) is -0.163. The second-order valence-electron chi connectivity index (χ2n) is 5.84. The highest BCUT2D eigenvalue weighted by molar-refractivity contribution is 7.26. The minimum atomic E-state index is -0.537. The summed E-state index contributed by atoms with van der Waals surface area (Å²) < 4.78 is 6.01. The van der Waals surface area contributed by atoms with Gasteiger partial charge in [-0.2, -0.15) is 0 Å². The van der Waals surface area contributed by atoms with Crippen LogP contribution in [0.1, 0.15) is 20.0 Å². The van der Waals surface area contributed by atoms with Gasteiger partial charge < -0.3 is 21.1 Å². The zero-order chi connectivity index (χ0) is 18.3. The van der Waals surface area contributed by atoms with Crippen LogP contribution in [0, 0.1) is 0 Å². The Morgan fingerprint density at radius 3 is 2.65 bits per heavy atom. The normalized spacial score (nSPS) is 14.7. The van der Waals surface area contributed by atoms with Gasteiger partial charge in [0.25, 0.3) is 11.8 Å². The molecule has 0 bridgehead atoms. The molecule has 1 aliphatic heterocycles.